The van der Waals surface area contributed by atoms with Gasteiger partial charge in [-0.2, -0.15) is 5.10 Å². The fourth-order valence-corrected chi connectivity index (χ4v) is 4.27. The summed E-state index contributed by atoms with van der Waals surface area (Å²) >= 11 is 0. The maximum absolute atomic E-state index is 13.2. The molecule has 0 saturated heterocycles. The molecule has 1 aromatic heterocycles. The number of aryl methyl sites for hydroxylation is 2. The third kappa shape index (κ3) is 4.54. The van der Waals surface area contributed by atoms with E-state index in [1.807, 2.05) is 43.5 Å². The zero-order chi connectivity index (χ0) is 25.9. The van der Waals surface area contributed by atoms with Gasteiger partial charge in [0, 0.05) is 29.1 Å². The van der Waals surface area contributed by atoms with Gasteiger partial charge in [-0.15, -0.1) is 0 Å². The first-order valence-electron chi connectivity index (χ1n) is 11.3. The number of carbonyl (C=O) groups is 1. The van der Waals surface area contributed by atoms with Crippen LogP contribution < -0.4 is 5.43 Å². The van der Waals surface area contributed by atoms with Crippen LogP contribution in [0.25, 0.3) is 5.69 Å². The number of carbonyl (C=O) groups excluding carboxylic acids is 1. The van der Waals surface area contributed by atoms with Crippen LogP contribution in [0.3, 0.4) is 0 Å². The lowest BCUT2D eigenvalue weighted by Crippen LogP contribution is -2.43. The molecule has 8 heteroatoms. The molecule has 1 amide bonds. The van der Waals surface area contributed by atoms with E-state index < -0.39 is 16.4 Å². The van der Waals surface area contributed by atoms with E-state index in [4.69, 9.17) is 0 Å². The second-order valence-electron chi connectivity index (χ2n) is 8.53. The number of rotatable bonds is 7. The first-order chi connectivity index (χ1) is 17.2. The molecule has 182 valence electrons. The number of aromatic nitrogens is 1. The standard InChI is InChI=1S/C28H26N4O4/c1-19-14-15-25(32(35)36)17-26(19)31-20(2)16-22(21(31)3)18-29-30-27(33)28(34,23-10-6-4-7-11-23)24-12-8-5-9-13-24/h4-18,34H,1-3H3,(H,30,33). The normalized spacial score (nSPS) is 11.6. The van der Waals surface area contributed by atoms with Crippen molar-refractivity contribution in [3.8, 4) is 5.69 Å². The number of hydrazone groups is 1. The van der Waals surface area contributed by atoms with Crippen LogP contribution >= 0.6 is 0 Å². The van der Waals surface area contributed by atoms with Gasteiger partial charge in [0.25, 0.3) is 11.6 Å². The van der Waals surface area contributed by atoms with E-state index >= 15 is 0 Å². The van der Waals surface area contributed by atoms with Gasteiger partial charge in [-0.1, -0.05) is 66.7 Å². The number of hydrogen-bond acceptors (Lipinski definition) is 5. The molecule has 0 saturated carbocycles. The minimum atomic E-state index is -1.93. The quantitative estimate of drug-likeness (QED) is 0.226. The van der Waals surface area contributed by atoms with Gasteiger partial charge >= 0.3 is 0 Å². The molecule has 1 heterocycles. The highest BCUT2D eigenvalue weighted by molar-refractivity contribution is 5.91. The Hall–Kier alpha value is -4.56. The molecular weight excluding hydrogens is 456 g/mol. The summed E-state index contributed by atoms with van der Waals surface area (Å²) < 4.78 is 1.91. The Morgan fingerprint density at radius 2 is 1.56 bits per heavy atom. The van der Waals surface area contributed by atoms with Crippen LogP contribution in [0.4, 0.5) is 5.69 Å². The number of nitrogens with one attached hydrogen (secondary N) is 1. The Kier molecular flexibility index (Phi) is 6.80. The van der Waals surface area contributed by atoms with Crippen LogP contribution in [0, 0.1) is 30.9 Å². The molecule has 4 aromatic rings. The van der Waals surface area contributed by atoms with E-state index in [1.165, 1.54) is 18.3 Å². The lowest BCUT2D eigenvalue weighted by Gasteiger charge is -2.27. The van der Waals surface area contributed by atoms with E-state index in [0.29, 0.717) is 16.8 Å². The number of benzene rings is 3. The Balaban J connectivity index is 1.64. The van der Waals surface area contributed by atoms with Gasteiger partial charge in [0.15, 0.2) is 5.60 Å². The third-order valence-corrected chi connectivity index (χ3v) is 6.20. The lowest BCUT2D eigenvalue weighted by atomic mass is 9.85. The fourth-order valence-electron chi connectivity index (χ4n) is 4.27. The molecule has 0 radical (unpaired) electrons. The summed E-state index contributed by atoms with van der Waals surface area (Å²) in [6.45, 7) is 5.66. The third-order valence-electron chi connectivity index (χ3n) is 6.20. The molecule has 0 atom stereocenters. The van der Waals surface area contributed by atoms with Crippen molar-refractivity contribution in [2.45, 2.75) is 26.4 Å². The van der Waals surface area contributed by atoms with Crippen LogP contribution in [-0.4, -0.2) is 26.7 Å². The monoisotopic (exact) mass is 482 g/mol. The van der Waals surface area contributed by atoms with Crippen LogP contribution in [-0.2, 0) is 10.4 Å². The van der Waals surface area contributed by atoms with Crippen LogP contribution in [0.15, 0.2) is 90.0 Å². The number of nitro groups is 1. The van der Waals surface area contributed by atoms with Crippen LogP contribution in [0.2, 0.25) is 0 Å². The Morgan fingerprint density at radius 3 is 2.11 bits per heavy atom. The summed E-state index contributed by atoms with van der Waals surface area (Å²) in [5.74, 6) is -0.695. The highest BCUT2D eigenvalue weighted by atomic mass is 16.6. The predicted octanol–water partition coefficient (Wildman–Crippen LogP) is 4.70. The summed E-state index contributed by atoms with van der Waals surface area (Å²) in [5.41, 5.74) is 5.36. The number of nitrogens with zero attached hydrogens (tertiary/aromatic N) is 3. The molecule has 36 heavy (non-hydrogen) atoms. The molecule has 2 N–H and O–H groups in total. The average molecular weight is 483 g/mol. The lowest BCUT2D eigenvalue weighted by molar-refractivity contribution is -0.384. The van der Waals surface area contributed by atoms with Crippen molar-refractivity contribution in [2.24, 2.45) is 5.10 Å². The molecule has 0 aliphatic heterocycles. The summed E-state index contributed by atoms with van der Waals surface area (Å²) in [6.07, 6.45) is 1.50. The van der Waals surface area contributed by atoms with Crippen LogP contribution in [0.5, 0.6) is 0 Å². The van der Waals surface area contributed by atoms with Crippen molar-refractivity contribution in [2.75, 3.05) is 0 Å². The number of hydrogen-bond donors (Lipinski definition) is 2. The van der Waals surface area contributed by atoms with Crippen molar-refractivity contribution >= 4 is 17.8 Å². The van der Waals surface area contributed by atoms with Gasteiger partial charge in [0.2, 0.25) is 0 Å². The predicted molar refractivity (Wildman–Crippen MR) is 138 cm³/mol. The van der Waals surface area contributed by atoms with Crippen molar-refractivity contribution in [1.29, 1.82) is 0 Å². The summed E-state index contributed by atoms with van der Waals surface area (Å²) in [4.78, 5) is 24.1. The molecular formula is C28H26N4O4. The highest BCUT2D eigenvalue weighted by Crippen LogP contribution is 2.30. The van der Waals surface area contributed by atoms with Gasteiger partial charge in [0.05, 0.1) is 16.8 Å². The second kappa shape index (κ2) is 9.97. The van der Waals surface area contributed by atoms with E-state index in [0.717, 1.165) is 22.5 Å². The Morgan fingerprint density at radius 1 is 0.972 bits per heavy atom. The first kappa shape index (κ1) is 24.6. The number of nitro benzene ring substituents is 1. The SMILES string of the molecule is Cc1ccc([N+](=O)[O-])cc1-n1c(C)cc(C=NNC(=O)C(O)(c2ccccc2)c2ccccc2)c1C. The van der Waals surface area contributed by atoms with Crippen molar-refractivity contribution in [3.05, 3.63) is 129 Å². The number of non-ortho nitro benzene ring substituents is 1. The van der Waals surface area contributed by atoms with Gasteiger partial charge in [-0.25, -0.2) is 5.43 Å². The molecule has 0 aliphatic rings. The smallest absolute Gasteiger partial charge is 0.281 e. The minimum absolute atomic E-state index is 0.00619. The maximum Gasteiger partial charge on any atom is 0.281 e. The highest BCUT2D eigenvalue weighted by Gasteiger charge is 2.39. The number of amides is 1. The Labute approximate surface area is 208 Å². The molecule has 0 aliphatic carbocycles. The van der Waals surface area contributed by atoms with E-state index in [1.54, 1.807) is 54.6 Å². The van der Waals surface area contributed by atoms with E-state index in [2.05, 4.69) is 10.5 Å². The minimum Gasteiger partial charge on any atom is -0.372 e. The van der Waals surface area contributed by atoms with E-state index in [9.17, 15) is 20.0 Å². The van der Waals surface area contributed by atoms with Crippen molar-refractivity contribution in [1.82, 2.24) is 9.99 Å². The molecule has 3 aromatic carbocycles. The van der Waals surface area contributed by atoms with Gasteiger partial charge in [-0.05, 0) is 43.5 Å². The zero-order valence-corrected chi connectivity index (χ0v) is 20.2. The second-order valence-corrected chi connectivity index (χ2v) is 8.53. The summed E-state index contributed by atoms with van der Waals surface area (Å²) in [7, 11) is 0. The Bertz CT molecular complexity index is 1400. The van der Waals surface area contributed by atoms with Gasteiger partial charge in [-0.3, -0.25) is 14.9 Å². The van der Waals surface area contributed by atoms with Crippen LogP contribution in [0.1, 0.15) is 33.6 Å². The zero-order valence-electron chi connectivity index (χ0n) is 20.2. The summed E-state index contributed by atoms with van der Waals surface area (Å²) in [6, 6.07) is 24.0. The molecule has 0 spiro atoms. The van der Waals surface area contributed by atoms with Crippen molar-refractivity contribution in [3.63, 3.8) is 0 Å². The molecule has 4 rings (SSSR count). The molecule has 0 bridgehead atoms. The molecule has 0 unspecified atom stereocenters. The largest absolute Gasteiger partial charge is 0.372 e. The van der Waals surface area contributed by atoms with E-state index in [-0.39, 0.29) is 5.69 Å². The fraction of sp³-hybridized carbons (Fsp3) is 0.143. The molecule has 0 fully saturated rings. The van der Waals surface area contributed by atoms with Gasteiger partial charge in [0.1, 0.15) is 0 Å². The van der Waals surface area contributed by atoms with Gasteiger partial charge < -0.3 is 9.67 Å². The number of aliphatic hydroxyl groups is 1. The van der Waals surface area contributed by atoms with Crippen molar-refractivity contribution < 1.29 is 14.8 Å². The molecule has 8 nitrogen and oxygen atoms in total. The average Bonchev–Trinajstić information content (AvgIpc) is 3.17. The maximum atomic E-state index is 13.2. The summed E-state index contributed by atoms with van der Waals surface area (Å²) in [5, 5.41) is 26.9. The topological polar surface area (TPSA) is 110 Å². The first-order valence-corrected chi connectivity index (χ1v) is 11.3.